The van der Waals surface area contributed by atoms with Gasteiger partial charge in [-0.2, -0.15) is 0 Å². The molecule has 1 rings (SSSR count). The van der Waals surface area contributed by atoms with Crippen LogP contribution >= 0.6 is 23.2 Å². The smallest absolute Gasteiger partial charge is 0.192 e. The number of allylic oxidation sites excluding steroid dienone is 1. The SMILES string of the molecule is C=C(Cc1c(Cl)cccc1Cl)NC(=N)NC. The number of hydrogen-bond donors (Lipinski definition) is 3. The third kappa shape index (κ3) is 3.43. The first-order valence-corrected chi connectivity index (χ1v) is 5.44. The van der Waals surface area contributed by atoms with Crippen LogP contribution in [0.2, 0.25) is 10.0 Å². The fourth-order valence-electron chi connectivity index (χ4n) is 1.20. The number of nitrogens with one attached hydrogen (secondary N) is 3. The minimum absolute atomic E-state index is 0.188. The van der Waals surface area contributed by atoms with E-state index in [2.05, 4.69) is 17.2 Å². The van der Waals surface area contributed by atoms with E-state index in [4.69, 9.17) is 28.6 Å². The summed E-state index contributed by atoms with van der Waals surface area (Å²) in [4.78, 5) is 0. The van der Waals surface area contributed by atoms with Crippen molar-refractivity contribution < 1.29 is 0 Å². The summed E-state index contributed by atoms with van der Waals surface area (Å²) in [7, 11) is 1.66. The average molecular weight is 258 g/mol. The van der Waals surface area contributed by atoms with Crippen molar-refractivity contribution in [1.82, 2.24) is 10.6 Å². The summed E-state index contributed by atoms with van der Waals surface area (Å²) in [5.41, 5.74) is 1.47. The second-order valence-electron chi connectivity index (χ2n) is 3.23. The van der Waals surface area contributed by atoms with Gasteiger partial charge in [0.25, 0.3) is 0 Å². The van der Waals surface area contributed by atoms with Crippen LogP contribution < -0.4 is 10.6 Å². The molecule has 16 heavy (non-hydrogen) atoms. The van der Waals surface area contributed by atoms with Crippen LogP contribution in [0.3, 0.4) is 0 Å². The lowest BCUT2D eigenvalue weighted by Gasteiger charge is -2.12. The molecule has 3 N–H and O–H groups in total. The second-order valence-corrected chi connectivity index (χ2v) is 4.04. The van der Waals surface area contributed by atoms with E-state index in [1.807, 2.05) is 0 Å². The van der Waals surface area contributed by atoms with Crippen LogP contribution in [0.15, 0.2) is 30.5 Å². The van der Waals surface area contributed by atoms with Crippen molar-refractivity contribution in [1.29, 1.82) is 5.41 Å². The average Bonchev–Trinajstić information content (AvgIpc) is 2.23. The van der Waals surface area contributed by atoms with E-state index in [9.17, 15) is 0 Å². The molecule has 0 aliphatic carbocycles. The highest BCUT2D eigenvalue weighted by Gasteiger charge is 2.07. The highest BCUT2D eigenvalue weighted by molar-refractivity contribution is 6.36. The predicted octanol–water partition coefficient (Wildman–Crippen LogP) is 2.79. The molecule has 0 unspecified atom stereocenters. The van der Waals surface area contributed by atoms with E-state index in [1.54, 1.807) is 25.2 Å². The standard InChI is InChI=1S/C11H13Cl2N3/c1-7(16-11(14)15-2)6-8-9(12)4-3-5-10(8)13/h3-5H,1,6H2,2H3,(H3,14,15,16). The molecule has 1 aromatic rings. The van der Waals surface area contributed by atoms with Gasteiger partial charge in [-0.15, -0.1) is 0 Å². The van der Waals surface area contributed by atoms with Crippen LogP contribution in [0.4, 0.5) is 0 Å². The highest BCUT2D eigenvalue weighted by atomic mass is 35.5. The first-order chi connectivity index (χ1) is 7.54. The Morgan fingerprint density at radius 1 is 1.38 bits per heavy atom. The molecule has 3 nitrogen and oxygen atoms in total. The molecule has 86 valence electrons. The fraction of sp³-hybridized carbons (Fsp3) is 0.182. The summed E-state index contributed by atoms with van der Waals surface area (Å²) in [6.45, 7) is 3.81. The lowest BCUT2D eigenvalue weighted by molar-refractivity contribution is 0.947. The highest BCUT2D eigenvalue weighted by Crippen LogP contribution is 2.25. The molecule has 1 aromatic carbocycles. The zero-order valence-corrected chi connectivity index (χ0v) is 10.4. The predicted molar refractivity (Wildman–Crippen MR) is 69.2 cm³/mol. The summed E-state index contributed by atoms with van der Waals surface area (Å²) in [5, 5.41) is 14.0. The van der Waals surface area contributed by atoms with Crippen LogP contribution in [0.25, 0.3) is 0 Å². The maximum atomic E-state index is 7.39. The normalized spacial score (nSPS) is 9.69. The van der Waals surface area contributed by atoms with E-state index in [1.165, 1.54) is 0 Å². The Labute approximate surface area is 105 Å². The van der Waals surface area contributed by atoms with E-state index >= 15 is 0 Å². The molecule has 0 saturated heterocycles. The molecule has 0 bridgehead atoms. The summed E-state index contributed by atoms with van der Waals surface area (Å²) in [6.07, 6.45) is 0.489. The third-order valence-corrected chi connectivity index (χ3v) is 2.71. The molecule has 0 aromatic heterocycles. The number of benzene rings is 1. The van der Waals surface area contributed by atoms with Gasteiger partial charge in [0, 0.05) is 29.2 Å². The minimum atomic E-state index is 0.188. The van der Waals surface area contributed by atoms with Crippen molar-refractivity contribution in [2.24, 2.45) is 0 Å². The van der Waals surface area contributed by atoms with Gasteiger partial charge in [-0.05, 0) is 17.7 Å². The largest absolute Gasteiger partial charge is 0.359 e. The van der Waals surface area contributed by atoms with Crippen LogP contribution in [-0.2, 0) is 6.42 Å². The molecule has 0 aliphatic heterocycles. The molecule has 0 atom stereocenters. The monoisotopic (exact) mass is 257 g/mol. The van der Waals surface area contributed by atoms with Gasteiger partial charge in [0.05, 0.1) is 0 Å². The summed E-state index contributed by atoms with van der Waals surface area (Å²) < 4.78 is 0. The van der Waals surface area contributed by atoms with Gasteiger partial charge in [0.1, 0.15) is 0 Å². The summed E-state index contributed by atoms with van der Waals surface area (Å²) in [5.74, 6) is 0.188. The molecular weight excluding hydrogens is 245 g/mol. The zero-order chi connectivity index (χ0) is 12.1. The number of rotatable bonds is 3. The van der Waals surface area contributed by atoms with Gasteiger partial charge in [-0.1, -0.05) is 35.8 Å². The minimum Gasteiger partial charge on any atom is -0.359 e. The second kappa shape index (κ2) is 5.77. The van der Waals surface area contributed by atoms with Crippen molar-refractivity contribution in [2.75, 3.05) is 7.05 Å². The molecule has 0 saturated carbocycles. The Bertz CT molecular complexity index is 395. The van der Waals surface area contributed by atoms with Crippen LogP contribution in [0, 0.1) is 5.41 Å². The maximum absolute atomic E-state index is 7.39. The van der Waals surface area contributed by atoms with Gasteiger partial charge in [0.2, 0.25) is 0 Å². The fourth-order valence-corrected chi connectivity index (χ4v) is 1.73. The topological polar surface area (TPSA) is 47.9 Å². The van der Waals surface area contributed by atoms with Crippen molar-refractivity contribution in [3.63, 3.8) is 0 Å². The third-order valence-electron chi connectivity index (χ3n) is 2.00. The summed E-state index contributed by atoms with van der Waals surface area (Å²) in [6, 6.07) is 5.35. The van der Waals surface area contributed by atoms with Crippen molar-refractivity contribution >= 4 is 29.2 Å². The molecule has 0 aliphatic rings. The van der Waals surface area contributed by atoms with Gasteiger partial charge < -0.3 is 10.6 Å². The molecule has 5 heteroatoms. The summed E-state index contributed by atoms with van der Waals surface area (Å²) >= 11 is 12.0. The Kier molecular flexibility index (Phi) is 4.65. The number of halogens is 2. The Balaban J connectivity index is 2.73. The first-order valence-electron chi connectivity index (χ1n) is 4.68. The van der Waals surface area contributed by atoms with Gasteiger partial charge >= 0.3 is 0 Å². The van der Waals surface area contributed by atoms with Crippen molar-refractivity contribution in [2.45, 2.75) is 6.42 Å². The maximum Gasteiger partial charge on any atom is 0.192 e. The van der Waals surface area contributed by atoms with Crippen LogP contribution in [-0.4, -0.2) is 13.0 Å². The van der Waals surface area contributed by atoms with E-state index in [0.29, 0.717) is 22.2 Å². The van der Waals surface area contributed by atoms with Crippen molar-refractivity contribution in [3.05, 3.63) is 46.1 Å². The van der Waals surface area contributed by atoms with Crippen LogP contribution in [0.5, 0.6) is 0 Å². The van der Waals surface area contributed by atoms with E-state index in [-0.39, 0.29) is 5.96 Å². The number of hydrogen-bond acceptors (Lipinski definition) is 1. The van der Waals surface area contributed by atoms with E-state index in [0.717, 1.165) is 5.56 Å². The van der Waals surface area contributed by atoms with Gasteiger partial charge in [0.15, 0.2) is 5.96 Å². The molecule has 0 radical (unpaired) electrons. The van der Waals surface area contributed by atoms with Crippen LogP contribution in [0.1, 0.15) is 5.56 Å². The van der Waals surface area contributed by atoms with E-state index < -0.39 is 0 Å². The molecule has 0 amide bonds. The lowest BCUT2D eigenvalue weighted by Crippen LogP contribution is -2.33. The Morgan fingerprint density at radius 3 is 2.44 bits per heavy atom. The molecule has 0 fully saturated rings. The van der Waals surface area contributed by atoms with Gasteiger partial charge in [-0.25, -0.2) is 0 Å². The Hall–Kier alpha value is -1.19. The Morgan fingerprint density at radius 2 is 1.94 bits per heavy atom. The molecular formula is C11H13Cl2N3. The molecule has 0 heterocycles. The number of guanidine groups is 1. The zero-order valence-electron chi connectivity index (χ0n) is 8.90. The van der Waals surface area contributed by atoms with Crippen molar-refractivity contribution in [3.8, 4) is 0 Å². The first kappa shape index (κ1) is 12.9. The van der Waals surface area contributed by atoms with Gasteiger partial charge in [-0.3, -0.25) is 5.41 Å². The molecule has 0 spiro atoms. The quantitative estimate of drug-likeness (QED) is 0.576. The lowest BCUT2D eigenvalue weighted by atomic mass is 10.1.